The van der Waals surface area contributed by atoms with Crippen molar-refractivity contribution in [2.75, 3.05) is 11.9 Å². The first kappa shape index (κ1) is 9.21. The van der Waals surface area contributed by atoms with E-state index in [2.05, 4.69) is 37.8 Å². The highest BCUT2D eigenvalue weighted by atomic mass is 79.9. The zero-order valence-electron chi connectivity index (χ0n) is 7.44. The van der Waals surface area contributed by atoms with Gasteiger partial charge in [0.1, 0.15) is 4.60 Å². The van der Waals surface area contributed by atoms with Gasteiger partial charge in [0, 0.05) is 25.1 Å². The number of nitrogens with one attached hydrogen (secondary N) is 1. The number of nitrogens with zero attached hydrogens (tertiary/aromatic N) is 3. The second-order valence-electron chi connectivity index (χ2n) is 2.74. The molecule has 72 valence electrons. The predicted octanol–water partition coefficient (Wildman–Crippen LogP) is 2.09. The molecular formula is C9H9BrN4. The SMILES string of the molecule is C=CCNc1nc(Br)cn2ccnc12. The number of hydrogen-bond donors (Lipinski definition) is 1. The Balaban J connectivity index is 2.49. The van der Waals surface area contributed by atoms with Crippen molar-refractivity contribution in [3.05, 3.63) is 35.8 Å². The van der Waals surface area contributed by atoms with Gasteiger partial charge in [-0.25, -0.2) is 9.97 Å². The van der Waals surface area contributed by atoms with E-state index in [9.17, 15) is 0 Å². The minimum Gasteiger partial charge on any atom is -0.363 e. The minimum absolute atomic E-state index is 0.673. The molecule has 2 aromatic heterocycles. The van der Waals surface area contributed by atoms with E-state index >= 15 is 0 Å². The summed E-state index contributed by atoms with van der Waals surface area (Å²) in [6.07, 6.45) is 7.26. The Labute approximate surface area is 89.8 Å². The summed E-state index contributed by atoms with van der Waals surface area (Å²) >= 11 is 3.33. The van der Waals surface area contributed by atoms with E-state index in [1.165, 1.54) is 0 Å². The lowest BCUT2D eigenvalue weighted by atomic mass is 10.5. The van der Waals surface area contributed by atoms with Gasteiger partial charge in [0.05, 0.1) is 0 Å². The average molecular weight is 253 g/mol. The molecule has 1 N–H and O–H groups in total. The third kappa shape index (κ3) is 1.63. The summed E-state index contributed by atoms with van der Waals surface area (Å²) < 4.78 is 2.68. The summed E-state index contributed by atoms with van der Waals surface area (Å²) in [4.78, 5) is 8.48. The zero-order valence-corrected chi connectivity index (χ0v) is 9.03. The first-order valence-electron chi connectivity index (χ1n) is 4.15. The molecule has 2 aromatic rings. The monoisotopic (exact) mass is 252 g/mol. The van der Waals surface area contributed by atoms with E-state index in [-0.39, 0.29) is 0 Å². The Hall–Kier alpha value is -1.36. The summed E-state index contributed by atoms with van der Waals surface area (Å²) in [5.74, 6) is 0.754. The van der Waals surface area contributed by atoms with Crippen molar-refractivity contribution in [1.82, 2.24) is 14.4 Å². The smallest absolute Gasteiger partial charge is 0.180 e. The fraction of sp³-hybridized carbons (Fsp3) is 0.111. The average Bonchev–Trinajstić information content (AvgIpc) is 2.61. The van der Waals surface area contributed by atoms with Crippen LogP contribution in [0.5, 0.6) is 0 Å². The first-order valence-corrected chi connectivity index (χ1v) is 4.94. The number of anilines is 1. The van der Waals surface area contributed by atoms with Crippen LogP contribution >= 0.6 is 15.9 Å². The van der Waals surface area contributed by atoms with E-state index in [1.54, 1.807) is 12.3 Å². The van der Waals surface area contributed by atoms with Crippen molar-refractivity contribution in [3.63, 3.8) is 0 Å². The molecule has 0 atom stereocenters. The molecule has 0 aromatic carbocycles. The zero-order chi connectivity index (χ0) is 9.97. The fourth-order valence-corrected chi connectivity index (χ4v) is 1.59. The maximum Gasteiger partial charge on any atom is 0.180 e. The van der Waals surface area contributed by atoms with Crippen LogP contribution in [0.15, 0.2) is 35.8 Å². The first-order chi connectivity index (χ1) is 6.81. The Morgan fingerprint density at radius 2 is 2.50 bits per heavy atom. The van der Waals surface area contributed by atoms with E-state index in [0.717, 1.165) is 16.1 Å². The summed E-state index contributed by atoms with van der Waals surface area (Å²) in [6.45, 7) is 4.31. The summed E-state index contributed by atoms with van der Waals surface area (Å²) in [5, 5.41) is 3.12. The van der Waals surface area contributed by atoms with E-state index in [4.69, 9.17) is 0 Å². The molecule has 0 spiro atoms. The van der Waals surface area contributed by atoms with Crippen LogP contribution in [0, 0.1) is 0 Å². The molecule has 0 bridgehead atoms. The summed E-state index contributed by atoms with van der Waals surface area (Å²) in [6, 6.07) is 0. The van der Waals surface area contributed by atoms with Gasteiger partial charge in [-0.1, -0.05) is 6.08 Å². The van der Waals surface area contributed by atoms with Crippen LogP contribution in [0.4, 0.5) is 5.82 Å². The predicted molar refractivity (Wildman–Crippen MR) is 59.4 cm³/mol. The fourth-order valence-electron chi connectivity index (χ4n) is 1.19. The Morgan fingerprint density at radius 1 is 1.64 bits per heavy atom. The second kappa shape index (κ2) is 3.79. The second-order valence-corrected chi connectivity index (χ2v) is 3.55. The Kier molecular flexibility index (Phi) is 2.49. The molecule has 5 heteroatoms. The molecule has 0 fully saturated rings. The van der Waals surface area contributed by atoms with Crippen LogP contribution < -0.4 is 5.32 Å². The standard InChI is InChI=1S/C9H9BrN4/c1-2-3-11-8-9-12-4-5-14(9)6-7(10)13-8/h2,4-6H,1,3H2,(H,11,13). The molecule has 0 unspecified atom stereocenters. The normalized spacial score (nSPS) is 10.4. The van der Waals surface area contributed by atoms with Gasteiger partial charge < -0.3 is 9.72 Å². The van der Waals surface area contributed by atoms with Crippen LogP contribution in [-0.4, -0.2) is 20.9 Å². The van der Waals surface area contributed by atoms with E-state index in [0.29, 0.717) is 6.54 Å². The quantitative estimate of drug-likeness (QED) is 0.851. The lowest BCUT2D eigenvalue weighted by Crippen LogP contribution is -2.03. The molecule has 2 rings (SSSR count). The largest absolute Gasteiger partial charge is 0.363 e. The molecule has 0 amide bonds. The maximum absolute atomic E-state index is 4.29. The van der Waals surface area contributed by atoms with Gasteiger partial charge in [-0.05, 0) is 15.9 Å². The van der Waals surface area contributed by atoms with Crippen molar-refractivity contribution in [2.24, 2.45) is 0 Å². The number of aromatic nitrogens is 3. The van der Waals surface area contributed by atoms with Crippen LogP contribution in [0.3, 0.4) is 0 Å². The van der Waals surface area contributed by atoms with Crippen molar-refractivity contribution < 1.29 is 0 Å². The molecular weight excluding hydrogens is 244 g/mol. The van der Waals surface area contributed by atoms with Gasteiger partial charge in [0.15, 0.2) is 11.5 Å². The number of rotatable bonds is 3. The van der Waals surface area contributed by atoms with Gasteiger partial charge in [0.2, 0.25) is 0 Å². The van der Waals surface area contributed by atoms with Gasteiger partial charge in [-0.2, -0.15) is 0 Å². The van der Waals surface area contributed by atoms with Crippen molar-refractivity contribution in [1.29, 1.82) is 0 Å². The van der Waals surface area contributed by atoms with Crippen LogP contribution in [0.1, 0.15) is 0 Å². The van der Waals surface area contributed by atoms with Crippen molar-refractivity contribution >= 4 is 27.4 Å². The van der Waals surface area contributed by atoms with Crippen LogP contribution in [0.25, 0.3) is 5.65 Å². The van der Waals surface area contributed by atoms with Crippen molar-refractivity contribution in [2.45, 2.75) is 0 Å². The minimum atomic E-state index is 0.673. The maximum atomic E-state index is 4.29. The van der Waals surface area contributed by atoms with Crippen LogP contribution in [-0.2, 0) is 0 Å². The number of hydrogen-bond acceptors (Lipinski definition) is 3. The van der Waals surface area contributed by atoms with Crippen molar-refractivity contribution in [3.8, 4) is 0 Å². The van der Waals surface area contributed by atoms with Gasteiger partial charge in [0.25, 0.3) is 0 Å². The molecule has 0 saturated carbocycles. The Morgan fingerprint density at radius 3 is 3.29 bits per heavy atom. The van der Waals surface area contributed by atoms with Gasteiger partial charge in [-0.3, -0.25) is 0 Å². The third-order valence-corrected chi connectivity index (χ3v) is 2.14. The highest BCUT2D eigenvalue weighted by Crippen LogP contribution is 2.16. The number of imidazole rings is 1. The number of halogens is 1. The highest BCUT2D eigenvalue weighted by molar-refractivity contribution is 9.10. The molecule has 0 saturated heterocycles. The molecule has 0 aliphatic carbocycles. The van der Waals surface area contributed by atoms with Gasteiger partial charge in [-0.15, -0.1) is 6.58 Å². The molecule has 0 aliphatic rings. The van der Waals surface area contributed by atoms with Gasteiger partial charge >= 0.3 is 0 Å². The Bertz CT molecular complexity index is 463. The van der Waals surface area contributed by atoms with Crippen LogP contribution in [0.2, 0.25) is 0 Å². The van der Waals surface area contributed by atoms with E-state index in [1.807, 2.05) is 16.8 Å². The summed E-state index contributed by atoms with van der Waals surface area (Å²) in [5.41, 5.74) is 0.815. The number of fused-ring (bicyclic) bond motifs is 1. The van der Waals surface area contributed by atoms with E-state index < -0.39 is 0 Å². The lowest BCUT2D eigenvalue weighted by Gasteiger charge is -2.04. The highest BCUT2D eigenvalue weighted by Gasteiger charge is 2.04. The molecule has 2 heterocycles. The topological polar surface area (TPSA) is 42.2 Å². The summed E-state index contributed by atoms with van der Waals surface area (Å²) in [7, 11) is 0. The molecule has 4 nitrogen and oxygen atoms in total. The molecule has 0 radical (unpaired) electrons. The lowest BCUT2D eigenvalue weighted by molar-refractivity contribution is 1.09. The molecule has 0 aliphatic heterocycles. The molecule has 14 heavy (non-hydrogen) atoms. The third-order valence-electron chi connectivity index (χ3n) is 1.76.